The molecule has 0 radical (unpaired) electrons. The van der Waals surface area contributed by atoms with Crippen LogP contribution < -0.4 is 9.64 Å². The predicted molar refractivity (Wildman–Crippen MR) is 130 cm³/mol. The van der Waals surface area contributed by atoms with Crippen LogP contribution in [0, 0.1) is 13.8 Å². The molecular formula is C28H24F3NO4. The Morgan fingerprint density at radius 2 is 1.64 bits per heavy atom. The van der Waals surface area contributed by atoms with Gasteiger partial charge in [-0.05, 0) is 79.9 Å². The molecule has 1 N–H and O–H groups in total. The van der Waals surface area contributed by atoms with E-state index in [-0.39, 0.29) is 17.0 Å². The van der Waals surface area contributed by atoms with Gasteiger partial charge >= 0.3 is 6.18 Å². The van der Waals surface area contributed by atoms with Crippen molar-refractivity contribution in [2.75, 3.05) is 11.5 Å². The number of rotatable bonds is 5. The molecule has 1 aliphatic heterocycles. The van der Waals surface area contributed by atoms with Crippen LogP contribution in [0.3, 0.4) is 0 Å². The summed E-state index contributed by atoms with van der Waals surface area (Å²) < 4.78 is 44.9. The van der Waals surface area contributed by atoms with Crippen molar-refractivity contribution < 1.29 is 32.6 Å². The number of carbonyl (C=O) groups excluding carboxylic acids is 2. The molecule has 3 aromatic carbocycles. The Bertz CT molecular complexity index is 1360. The molecule has 1 atom stereocenters. The van der Waals surface area contributed by atoms with Crippen molar-refractivity contribution in [3.05, 3.63) is 100 Å². The lowest BCUT2D eigenvalue weighted by atomic mass is 9.92. The standard InChI is InChI=1S/C28H24F3NO4/c1-4-36-22-14-9-18(15-17(22)3)25(33)23-24(21-8-6-5-7-16(21)2)32(27(35)26(23)34)20-12-10-19(11-13-20)28(29,30)31/h5-15,24,33H,4H2,1-3H3/b25-23+. The molecule has 8 heteroatoms. The van der Waals surface area contributed by atoms with Gasteiger partial charge < -0.3 is 9.84 Å². The molecule has 1 fully saturated rings. The number of amides is 1. The van der Waals surface area contributed by atoms with Gasteiger partial charge in [0, 0.05) is 11.3 Å². The van der Waals surface area contributed by atoms with Gasteiger partial charge in [0.05, 0.1) is 23.8 Å². The van der Waals surface area contributed by atoms with Crippen LogP contribution in [0.2, 0.25) is 0 Å². The van der Waals surface area contributed by atoms with Gasteiger partial charge in [-0.1, -0.05) is 24.3 Å². The first kappa shape index (κ1) is 25.0. The van der Waals surface area contributed by atoms with Gasteiger partial charge in [-0.3, -0.25) is 14.5 Å². The van der Waals surface area contributed by atoms with Gasteiger partial charge in [-0.25, -0.2) is 0 Å². The zero-order valence-corrected chi connectivity index (χ0v) is 19.9. The summed E-state index contributed by atoms with van der Waals surface area (Å²) >= 11 is 0. The van der Waals surface area contributed by atoms with E-state index >= 15 is 0 Å². The number of Topliss-reactive ketones (excluding diaryl/α,β-unsaturated/α-hetero) is 1. The summed E-state index contributed by atoms with van der Waals surface area (Å²) in [5.41, 5.74) is 1.46. The largest absolute Gasteiger partial charge is 0.507 e. The number of aryl methyl sites for hydroxylation is 2. The Morgan fingerprint density at radius 3 is 2.22 bits per heavy atom. The van der Waals surface area contributed by atoms with E-state index in [4.69, 9.17) is 4.74 Å². The highest BCUT2D eigenvalue weighted by molar-refractivity contribution is 6.51. The van der Waals surface area contributed by atoms with Crippen LogP contribution in [-0.2, 0) is 15.8 Å². The number of benzene rings is 3. The van der Waals surface area contributed by atoms with Gasteiger partial charge in [0.1, 0.15) is 11.5 Å². The lowest BCUT2D eigenvalue weighted by molar-refractivity contribution is -0.137. The fraction of sp³-hybridized carbons (Fsp3) is 0.214. The lowest BCUT2D eigenvalue weighted by Crippen LogP contribution is -2.29. The van der Waals surface area contributed by atoms with Crippen LogP contribution in [0.5, 0.6) is 5.75 Å². The number of alkyl halides is 3. The second kappa shape index (κ2) is 9.53. The Labute approximate surface area is 206 Å². The summed E-state index contributed by atoms with van der Waals surface area (Å²) in [6.45, 7) is 5.89. The molecule has 0 spiro atoms. The monoisotopic (exact) mass is 495 g/mol. The van der Waals surface area contributed by atoms with Gasteiger partial charge in [0.15, 0.2) is 0 Å². The fourth-order valence-electron chi connectivity index (χ4n) is 4.37. The van der Waals surface area contributed by atoms with Gasteiger partial charge in [-0.15, -0.1) is 0 Å². The summed E-state index contributed by atoms with van der Waals surface area (Å²) in [4.78, 5) is 27.6. The first-order valence-corrected chi connectivity index (χ1v) is 11.3. The maximum Gasteiger partial charge on any atom is 0.416 e. The van der Waals surface area contributed by atoms with Gasteiger partial charge in [0.2, 0.25) is 0 Å². The highest BCUT2D eigenvalue weighted by Gasteiger charge is 2.47. The first-order chi connectivity index (χ1) is 17.0. The van der Waals surface area contributed by atoms with Crippen LogP contribution in [0.25, 0.3) is 5.76 Å². The van der Waals surface area contributed by atoms with E-state index in [9.17, 15) is 27.9 Å². The fourth-order valence-corrected chi connectivity index (χ4v) is 4.37. The van der Waals surface area contributed by atoms with E-state index in [1.54, 1.807) is 56.3 Å². The Balaban J connectivity index is 1.90. The minimum atomic E-state index is -4.55. The zero-order chi connectivity index (χ0) is 26.2. The Kier molecular flexibility index (Phi) is 6.63. The third kappa shape index (κ3) is 4.46. The smallest absolute Gasteiger partial charge is 0.416 e. The molecule has 36 heavy (non-hydrogen) atoms. The molecule has 1 amide bonds. The number of aliphatic hydroxyl groups excluding tert-OH is 1. The first-order valence-electron chi connectivity index (χ1n) is 11.3. The maximum atomic E-state index is 13.3. The second-order valence-electron chi connectivity index (χ2n) is 8.48. The van der Waals surface area contributed by atoms with E-state index in [0.717, 1.165) is 40.3 Å². The number of nitrogens with zero attached hydrogens (tertiary/aromatic N) is 1. The summed E-state index contributed by atoms with van der Waals surface area (Å²) in [6, 6.07) is 14.9. The maximum absolute atomic E-state index is 13.3. The van der Waals surface area contributed by atoms with Crippen LogP contribution in [-0.4, -0.2) is 23.4 Å². The average Bonchev–Trinajstić information content (AvgIpc) is 3.10. The van der Waals surface area contributed by atoms with E-state index in [1.807, 2.05) is 6.92 Å². The van der Waals surface area contributed by atoms with Gasteiger partial charge in [0.25, 0.3) is 11.7 Å². The molecule has 1 saturated heterocycles. The van der Waals surface area contributed by atoms with E-state index in [1.165, 1.54) is 0 Å². The molecule has 0 aliphatic carbocycles. The minimum Gasteiger partial charge on any atom is -0.507 e. The summed E-state index contributed by atoms with van der Waals surface area (Å²) in [5, 5.41) is 11.3. The van der Waals surface area contributed by atoms with Crippen LogP contribution in [0.15, 0.2) is 72.3 Å². The summed E-state index contributed by atoms with van der Waals surface area (Å²) in [7, 11) is 0. The minimum absolute atomic E-state index is 0.111. The number of hydrogen-bond acceptors (Lipinski definition) is 4. The van der Waals surface area contributed by atoms with Crippen molar-refractivity contribution in [3.8, 4) is 5.75 Å². The van der Waals surface area contributed by atoms with E-state index in [0.29, 0.717) is 23.5 Å². The molecular weight excluding hydrogens is 471 g/mol. The highest BCUT2D eigenvalue weighted by Crippen LogP contribution is 2.44. The number of ether oxygens (including phenoxy) is 1. The lowest BCUT2D eigenvalue weighted by Gasteiger charge is -2.27. The number of aliphatic hydroxyl groups is 1. The predicted octanol–water partition coefficient (Wildman–Crippen LogP) is 6.35. The number of ketones is 1. The molecule has 4 rings (SSSR count). The normalized spacial score (nSPS) is 17.5. The second-order valence-corrected chi connectivity index (χ2v) is 8.48. The molecule has 186 valence electrons. The number of hydrogen-bond donors (Lipinski definition) is 1. The van der Waals surface area contributed by atoms with E-state index < -0.39 is 29.5 Å². The van der Waals surface area contributed by atoms with Crippen LogP contribution in [0.4, 0.5) is 18.9 Å². The molecule has 1 aliphatic rings. The zero-order valence-electron chi connectivity index (χ0n) is 19.9. The summed E-state index contributed by atoms with van der Waals surface area (Å²) in [5.74, 6) is -1.61. The van der Waals surface area contributed by atoms with Crippen LogP contribution >= 0.6 is 0 Å². The van der Waals surface area contributed by atoms with Crippen molar-refractivity contribution >= 4 is 23.1 Å². The molecule has 3 aromatic rings. The van der Waals surface area contributed by atoms with Crippen LogP contribution in [0.1, 0.15) is 40.8 Å². The number of carbonyl (C=O) groups is 2. The average molecular weight is 495 g/mol. The van der Waals surface area contributed by atoms with Crippen molar-refractivity contribution in [2.24, 2.45) is 0 Å². The Hall–Kier alpha value is -4.07. The molecule has 1 unspecified atom stereocenters. The van der Waals surface area contributed by atoms with Crippen molar-refractivity contribution in [1.29, 1.82) is 0 Å². The topological polar surface area (TPSA) is 66.8 Å². The third-order valence-corrected chi connectivity index (χ3v) is 6.15. The molecule has 0 aromatic heterocycles. The number of halogens is 3. The third-order valence-electron chi connectivity index (χ3n) is 6.15. The van der Waals surface area contributed by atoms with Gasteiger partial charge in [-0.2, -0.15) is 13.2 Å². The van der Waals surface area contributed by atoms with E-state index in [2.05, 4.69) is 0 Å². The number of anilines is 1. The molecule has 0 saturated carbocycles. The SMILES string of the molecule is CCOc1ccc(/C(O)=C2\C(=O)C(=O)N(c3ccc(C(F)(F)F)cc3)C2c2ccccc2C)cc1C. The van der Waals surface area contributed by atoms with Crippen molar-refractivity contribution in [3.63, 3.8) is 0 Å². The molecule has 1 heterocycles. The summed E-state index contributed by atoms with van der Waals surface area (Å²) in [6.07, 6.45) is -4.55. The van der Waals surface area contributed by atoms with Crippen molar-refractivity contribution in [1.82, 2.24) is 0 Å². The quantitative estimate of drug-likeness (QED) is 0.255. The molecule has 0 bridgehead atoms. The highest BCUT2D eigenvalue weighted by atomic mass is 19.4. The Morgan fingerprint density at radius 1 is 0.972 bits per heavy atom. The van der Waals surface area contributed by atoms with Crippen molar-refractivity contribution in [2.45, 2.75) is 33.0 Å². The molecule has 5 nitrogen and oxygen atoms in total.